The monoisotopic (exact) mass is 197 g/mol. The number of hydrogen-bond donors (Lipinski definition) is 3. The highest BCUT2D eigenvalue weighted by Gasteiger charge is 2.43. The van der Waals surface area contributed by atoms with Crippen molar-refractivity contribution >= 4 is 11.9 Å². The molecule has 2 heterocycles. The quantitative estimate of drug-likeness (QED) is 0.533. The summed E-state index contributed by atoms with van der Waals surface area (Å²) in [4.78, 5) is 22.5. The minimum Gasteiger partial charge on any atom is -0.323 e. The number of rotatable bonds is 2. The Morgan fingerprint density at radius 2 is 2.29 bits per heavy atom. The van der Waals surface area contributed by atoms with E-state index >= 15 is 0 Å². The number of amides is 3. The van der Waals surface area contributed by atoms with Crippen LogP contribution in [0.2, 0.25) is 0 Å². The number of nitrogens with one attached hydrogen (secondary N) is 3. The highest BCUT2D eigenvalue weighted by atomic mass is 16.2. The lowest BCUT2D eigenvalue weighted by Crippen LogP contribution is -2.47. The molecule has 0 unspecified atom stereocenters. The lowest BCUT2D eigenvalue weighted by Gasteiger charge is -2.24. The Hall–Kier alpha value is -1.10. The largest absolute Gasteiger partial charge is 0.323 e. The Labute approximate surface area is 82.6 Å². The van der Waals surface area contributed by atoms with Crippen LogP contribution in [0.4, 0.5) is 4.79 Å². The van der Waals surface area contributed by atoms with Gasteiger partial charge in [-0.05, 0) is 32.7 Å². The van der Waals surface area contributed by atoms with Crippen LogP contribution >= 0.6 is 0 Å². The number of urea groups is 1. The van der Waals surface area contributed by atoms with Crippen LogP contribution in [0, 0.1) is 0 Å². The Morgan fingerprint density at radius 3 is 2.79 bits per heavy atom. The van der Waals surface area contributed by atoms with Crippen molar-refractivity contribution in [3.8, 4) is 0 Å². The molecule has 0 spiro atoms. The summed E-state index contributed by atoms with van der Waals surface area (Å²) in [5, 5.41) is 8.24. The molecule has 3 amide bonds. The molecule has 0 saturated carbocycles. The van der Waals surface area contributed by atoms with Crippen molar-refractivity contribution in [3.05, 3.63) is 0 Å². The average molecular weight is 197 g/mol. The fraction of sp³-hybridized carbons (Fsp3) is 0.778. The van der Waals surface area contributed by atoms with Crippen molar-refractivity contribution in [2.75, 3.05) is 6.54 Å². The third-order valence-electron chi connectivity index (χ3n) is 2.93. The number of carbonyl (C=O) groups is 2. The van der Waals surface area contributed by atoms with Crippen molar-refractivity contribution in [1.29, 1.82) is 0 Å². The predicted octanol–water partition coefficient (Wildman–Crippen LogP) is -0.273. The second kappa shape index (κ2) is 3.24. The lowest BCUT2D eigenvalue weighted by atomic mass is 9.92. The van der Waals surface area contributed by atoms with Gasteiger partial charge in [0.15, 0.2) is 0 Å². The van der Waals surface area contributed by atoms with E-state index < -0.39 is 5.54 Å². The SMILES string of the molecule is C[C@]1(C[C@@H]2CCCN2)NC(=O)NC1=O. The third-order valence-corrected chi connectivity index (χ3v) is 2.93. The molecule has 0 radical (unpaired) electrons. The third kappa shape index (κ3) is 1.59. The van der Waals surface area contributed by atoms with E-state index in [-0.39, 0.29) is 11.9 Å². The van der Waals surface area contributed by atoms with Crippen molar-refractivity contribution in [2.45, 2.75) is 37.8 Å². The molecule has 0 aromatic carbocycles. The molecule has 0 bridgehead atoms. The molecule has 2 rings (SSSR count). The zero-order valence-electron chi connectivity index (χ0n) is 8.22. The van der Waals surface area contributed by atoms with Gasteiger partial charge in [-0.2, -0.15) is 0 Å². The fourth-order valence-corrected chi connectivity index (χ4v) is 2.15. The number of imide groups is 1. The summed E-state index contributed by atoms with van der Waals surface area (Å²) in [6.07, 6.45) is 2.90. The summed E-state index contributed by atoms with van der Waals surface area (Å²) in [6, 6.07) is -0.0281. The summed E-state index contributed by atoms with van der Waals surface area (Å²) >= 11 is 0. The summed E-state index contributed by atoms with van der Waals surface area (Å²) in [5.74, 6) is -0.212. The minimum atomic E-state index is -0.723. The molecular formula is C9H15N3O2. The molecular weight excluding hydrogens is 182 g/mol. The molecule has 2 atom stereocenters. The second-order valence-electron chi connectivity index (χ2n) is 4.24. The lowest BCUT2D eigenvalue weighted by molar-refractivity contribution is -0.123. The zero-order valence-corrected chi connectivity index (χ0v) is 8.22. The first kappa shape index (κ1) is 9.45. The van der Waals surface area contributed by atoms with Crippen LogP contribution in [0.25, 0.3) is 0 Å². The topological polar surface area (TPSA) is 70.2 Å². The van der Waals surface area contributed by atoms with Gasteiger partial charge >= 0.3 is 6.03 Å². The number of hydrogen-bond acceptors (Lipinski definition) is 3. The van der Waals surface area contributed by atoms with Gasteiger partial charge in [-0.1, -0.05) is 0 Å². The van der Waals surface area contributed by atoms with Gasteiger partial charge in [-0.3, -0.25) is 10.1 Å². The van der Waals surface area contributed by atoms with Crippen LogP contribution in [0.5, 0.6) is 0 Å². The van der Waals surface area contributed by atoms with E-state index in [1.54, 1.807) is 6.92 Å². The van der Waals surface area contributed by atoms with Gasteiger partial charge in [-0.15, -0.1) is 0 Å². The van der Waals surface area contributed by atoms with Crippen LogP contribution in [-0.2, 0) is 4.79 Å². The van der Waals surface area contributed by atoms with Gasteiger partial charge in [-0.25, -0.2) is 4.79 Å². The van der Waals surface area contributed by atoms with Gasteiger partial charge < -0.3 is 10.6 Å². The zero-order chi connectivity index (χ0) is 10.2. The van der Waals surface area contributed by atoms with Crippen LogP contribution in [0.1, 0.15) is 26.2 Å². The van der Waals surface area contributed by atoms with E-state index in [1.165, 1.54) is 0 Å². The second-order valence-corrected chi connectivity index (χ2v) is 4.24. The van der Waals surface area contributed by atoms with Gasteiger partial charge in [0.25, 0.3) is 5.91 Å². The fourth-order valence-electron chi connectivity index (χ4n) is 2.15. The standard InChI is InChI=1S/C9H15N3O2/c1-9(5-6-3-2-4-10-6)7(13)11-8(14)12-9/h6,10H,2-5H2,1H3,(H2,11,12,13,14)/t6-,9+/m0/s1. The smallest absolute Gasteiger partial charge is 0.322 e. The maximum atomic E-state index is 11.5. The molecule has 2 fully saturated rings. The van der Waals surface area contributed by atoms with Gasteiger partial charge in [0.1, 0.15) is 5.54 Å². The molecule has 0 aliphatic carbocycles. The van der Waals surface area contributed by atoms with Crippen LogP contribution in [-0.4, -0.2) is 30.1 Å². The molecule has 5 nitrogen and oxygen atoms in total. The summed E-state index contributed by atoms with van der Waals surface area (Å²) in [6.45, 7) is 2.78. The summed E-state index contributed by atoms with van der Waals surface area (Å²) < 4.78 is 0. The van der Waals surface area contributed by atoms with E-state index in [4.69, 9.17) is 0 Å². The van der Waals surface area contributed by atoms with Crippen molar-refractivity contribution < 1.29 is 9.59 Å². The van der Waals surface area contributed by atoms with Crippen LogP contribution < -0.4 is 16.0 Å². The molecule has 0 aromatic rings. The van der Waals surface area contributed by atoms with Crippen LogP contribution in [0.3, 0.4) is 0 Å². The van der Waals surface area contributed by atoms with Crippen molar-refractivity contribution in [2.24, 2.45) is 0 Å². The molecule has 0 aromatic heterocycles. The molecule has 2 aliphatic rings. The molecule has 5 heteroatoms. The first-order chi connectivity index (χ1) is 6.60. The van der Waals surface area contributed by atoms with Crippen molar-refractivity contribution in [3.63, 3.8) is 0 Å². The normalized spacial score (nSPS) is 37.1. The molecule has 78 valence electrons. The Morgan fingerprint density at radius 1 is 1.50 bits per heavy atom. The number of carbonyl (C=O) groups excluding carboxylic acids is 2. The van der Waals surface area contributed by atoms with E-state index in [9.17, 15) is 9.59 Å². The first-order valence-corrected chi connectivity index (χ1v) is 4.97. The molecule has 2 aliphatic heterocycles. The minimum absolute atomic E-state index is 0.212. The van der Waals surface area contributed by atoms with Crippen molar-refractivity contribution in [1.82, 2.24) is 16.0 Å². The van der Waals surface area contributed by atoms with E-state index in [0.717, 1.165) is 19.4 Å². The Bertz CT molecular complexity index is 273. The highest BCUT2D eigenvalue weighted by molar-refractivity contribution is 6.06. The molecule has 3 N–H and O–H groups in total. The maximum Gasteiger partial charge on any atom is 0.322 e. The molecule has 14 heavy (non-hydrogen) atoms. The Balaban J connectivity index is 2.01. The maximum absolute atomic E-state index is 11.5. The highest BCUT2D eigenvalue weighted by Crippen LogP contribution is 2.21. The molecule has 2 saturated heterocycles. The average Bonchev–Trinajstić information content (AvgIpc) is 2.62. The van der Waals surface area contributed by atoms with E-state index in [1.807, 2.05) is 0 Å². The summed E-state index contributed by atoms with van der Waals surface area (Å²) in [5.41, 5.74) is -0.723. The van der Waals surface area contributed by atoms with Gasteiger partial charge in [0, 0.05) is 6.04 Å². The van der Waals surface area contributed by atoms with E-state index in [2.05, 4.69) is 16.0 Å². The van der Waals surface area contributed by atoms with Gasteiger partial charge in [0.05, 0.1) is 0 Å². The van der Waals surface area contributed by atoms with Gasteiger partial charge in [0.2, 0.25) is 0 Å². The summed E-state index contributed by atoms with van der Waals surface area (Å²) in [7, 11) is 0. The Kier molecular flexibility index (Phi) is 2.19. The van der Waals surface area contributed by atoms with Crippen LogP contribution in [0.15, 0.2) is 0 Å². The first-order valence-electron chi connectivity index (χ1n) is 4.97. The van der Waals surface area contributed by atoms with E-state index in [0.29, 0.717) is 12.5 Å². The predicted molar refractivity (Wildman–Crippen MR) is 50.7 cm³/mol.